The van der Waals surface area contributed by atoms with E-state index in [1.807, 2.05) is 0 Å². The van der Waals surface area contributed by atoms with Crippen LogP contribution in [0.25, 0.3) is 0 Å². The molecule has 0 aliphatic carbocycles. The van der Waals surface area contributed by atoms with Crippen LogP contribution in [0.2, 0.25) is 0 Å². The van der Waals surface area contributed by atoms with Crippen molar-refractivity contribution in [2.45, 2.75) is 44.0 Å². The zero-order valence-electron chi connectivity index (χ0n) is 15.0. The molecular weight excluding hydrogens is 399 g/mol. The number of amides is 1. The molecule has 2 heterocycles. The van der Waals surface area contributed by atoms with Gasteiger partial charge in [-0.2, -0.15) is 24.9 Å². The number of hydrogen-bond acceptors (Lipinski definition) is 5. The molecule has 2 N–H and O–H groups in total. The summed E-state index contributed by atoms with van der Waals surface area (Å²) in [5.74, 6) is -1.52. The van der Waals surface area contributed by atoms with Crippen LogP contribution in [0.4, 0.5) is 13.2 Å². The predicted molar refractivity (Wildman–Crippen MR) is 96.7 cm³/mol. The van der Waals surface area contributed by atoms with Crippen molar-refractivity contribution in [3.05, 3.63) is 35.8 Å². The van der Waals surface area contributed by atoms with Crippen LogP contribution in [-0.4, -0.2) is 51.1 Å². The second-order valence-corrected chi connectivity index (χ2v) is 7.48. The minimum absolute atomic E-state index is 0.0142. The maximum atomic E-state index is 12.6. The van der Waals surface area contributed by atoms with Gasteiger partial charge < -0.3 is 19.5 Å². The van der Waals surface area contributed by atoms with Crippen LogP contribution >= 0.6 is 11.8 Å². The fourth-order valence-corrected chi connectivity index (χ4v) is 3.61. The molecule has 1 saturated heterocycles. The first-order valence-corrected chi connectivity index (χ1v) is 9.96. The Balaban J connectivity index is 1.84. The summed E-state index contributed by atoms with van der Waals surface area (Å²) < 4.78 is 42.3. The second kappa shape index (κ2) is 10.0. The third-order valence-electron chi connectivity index (χ3n) is 4.25. The Morgan fingerprint density at radius 3 is 2.79 bits per heavy atom. The Labute approximate surface area is 164 Å². The minimum atomic E-state index is -4.61. The lowest BCUT2D eigenvalue weighted by Gasteiger charge is -2.22. The standard InChI is InChI=1S/C18H22F3NO5S/c19-18(20,21)15-7-6-14(27-15)13(23)5-3-12-4-8-16(24)22(12)9-1-2-10-28-11-17(25)26/h3,5-7,12-13,23H,1-2,4,8-11H2,(H,25,26). The van der Waals surface area contributed by atoms with E-state index in [-0.39, 0.29) is 23.5 Å². The van der Waals surface area contributed by atoms with Gasteiger partial charge in [0.25, 0.3) is 0 Å². The number of furan rings is 1. The van der Waals surface area contributed by atoms with Gasteiger partial charge in [-0.1, -0.05) is 12.2 Å². The van der Waals surface area contributed by atoms with Gasteiger partial charge in [-0.3, -0.25) is 9.59 Å². The minimum Gasteiger partial charge on any atom is -0.481 e. The van der Waals surface area contributed by atoms with E-state index in [1.165, 1.54) is 17.8 Å². The molecular formula is C18H22F3NO5S. The number of carbonyl (C=O) groups is 2. The normalized spacial score (nSPS) is 18.9. The number of hydrogen-bond donors (Lipinski definition) is 2. The quantitative estimate of drug-likeness (QED) is 0.444. The molecule has 1 fully saturated rings. The molecule has 0 spiro atoms. The largest absolute Gasteiger partial charge is 0.481 e. The van der Waals surface area contributed by atoms with Crippen LogP contribution in [-0.2, 0) is 15.8 Å². The van der Waals surface area contributed by atoms with Crippen molar-refractivity contribution in [3.63, 3.8) is 0 Å². The molecule has 1 aliphatic rings. The maximum absolute atomic E-state index is 12.6. The predicted octanol–water partition coefficient (Wildman–Crippen LogP) is 3.48. The number of aliphatic hydroxyl groups is 1. The van der Waals surface area contributed by atoms with Crippen molar-refractivity contribution >= 4 is 23.6 Å². The number of rotatable bonds is 10. The van der Waals surface area contributed by atoms with Gasteiger partial charge in [0.05, 0.1) is 11.8 Å². The van der Waals surface area contributed by atoms with Crippen molar-refractivity contribution in [1.82, 2.24) is 4.90 Å². The van der Waals surface area contributed by atoms with Gasteiger partial charge in [0, 0.05) is 13.0 Å². The van der Waals surface area contributed by atoms with Crippen LogP contribution < -0.4 is 0 Å². The Bertz CT molecular complexity index is 704. The Morgan fingerprint density at radius 1 is 1.39 bits per heavy atom. The van der Waals surface area contributed by atoms with E-state index in [1.54, 1.807) is 11.0 Å². The summed E-state index contributed by atoms with van der Waals surface area (Å²) in [6.45, 7) is 0.510. The molecule has 0 bridgehead atoms. The third-order valence-corrected chi connectivity index (χ3v) is 5.28. The van der Waals surface area contributed by atoms with E-state index in [4.69, 9.17) is 5.11 Å². The van der Waals surface area contributed by atoms with Crippen LogP contribution in [0.5, 0.6) is 0 Å². The molecule has 1 amide bonds. The smallest absolute Gasteiger partial charge is 0.449 e. The van der Waals surface area contributed by atoms with Crippen molar-refractivity contribution < 1.29 is 37.4 Å². The summed E-state index contributed by atoms with van der Waals surface area (Å²) in [6, 6.07) is 1.61. The zero-order valence-corrected chi connectivity index (χ0v) is 15.8. The summed E-state index contributed by atoms with van der Waals surface area (Å²) >= 11 is 1.32. The highest BCUT2D eigenvalue weighted by molar-refractivity contribution is 7.99. The molecule has 28 heavy (non-hydrogen) atoms. The molecule has 6 nitrogen and oxygen atoms in total. The molecule has 0 saturated carbocycles. The number of halogens is 3. The lowest BCUT2D eigenvalue weighted by atomic mass is 10.1. The average Bonchev–Trinajstić information content (AvgIpc) is 3.23. The lowest BCUT2D eigenvalue weighted by Crippen LogP contribution is -2.32. The van der Waals surface area contributed by atoms with Gasteiger partial charge in [0.1, 0.15) is 11.9 Å². The number of likely N-dealkylation sites (tertiary alicyclic amines) is 1. The molecule has 2 atom stereocenters. The molecule has 1 aromatic rings. The number of unbranched alkanes of at least 4 members (excludes halogenated alkanes) is 1. The molecule has 1 aliphatic heterocycles. The number of nitrogens with zero attached hydrogens (tertiary/aromatic N) is 1. The SMILES string of the molecule is O=C(O)CSCCCCN1C(=O)CCC1C=CC(O)c1ccc(C(F)(F)F)o1. The number of alkyl halides is 3. The van der Waals surface area contributed by atoms with E-state index >= 15 is 0 Å². The average molecular weight is 421 g/mol. The fraction of sp³-hybridized carbons (Fsp3) is 0.556. The first-order chi connectivity index (χ1) is 13.2. The highest BCUT2D eigenvalue weighted by Crippen LogP contribution is 2.32. The van der Waals surface area contributed by atoms with Gasteiger partial charge in [-0.25, -0.2) is 0 Å². The first kappa shape index (κ1) is 22.4. The molecule has 0 radical (unpaired) electrons. The van der Waals surface area contributed by atoms with Crippen molar-refractivity contribution in [2.75, 3.05) is 18.1 Å². The van der Waals surface area contributed by atoms with Gasteiger partial charge >= 0.3 is 12.1 Å². The van der Waals surface area contributed by atoms with Crippen LogP contribution in [0, 0.1) is 0 Å². The van der Waals surface area contributed by atoms with Gasteiger partial charge in [0.2, 0.25) is 11.7 Å². The maximum Gasteiger partial charge on any atom is 0.449 e. The van der Waals surface area contributed by atoms with Gasteiger partial charge in [0.15, 0.2) is 0 Å². The Hall–Kier alpha value is -1.94. The number of aliphatic hydroxyl groups excluding tert-OH is 1. The molecule has 10 heteroatoms. The summed E-state index contributed by atoms with van der Waals surface area (Å²) in [4.78, 5) is 24.1. The number of carbonyl (C=O) groups excluding carboxylic acids is 1. The van der Waals surface area contributed by atoms with Crippen molar-refractivity contribution in [1.29, 1.82) is 0 Å². The summed E-state index contributed by atoms with van der Waals surface area (Å²) in [5.41, 5.74) is 0. The van der Waals surface area contributed by atoms with Crippen LogP contribution in [0.1, 0.15) is 43.3 Å². The number of aliphatic carboxylic acids is 1. The second-order valence-electron chi connectivity index (χ2n) is 6.38. The monoisotopic (exact) mass is 421 g/mol. The lowest BCUT2D eigenvalue weighted by molar-refractivity contribution is -0.153. The molecule has 2 rings (SSSR count). The van der Waals surface area contributed by atoms with E-state index in [9.17, 15) is 27.9 Å². The Morgan fingerprint density at radius 2 is 2.14 bits per heavy atom. The van der Waals surface area contributed by atoms with Crippen molar-refractivity contribution in [3.8, 4) is 0 Å². The third kappa shape index (κ3) is 6.59. The van der Waals surface area contributed by atoms with E-state index in [0.29, 0.717) is 25.1 Å². The first-order valence-electron chi connectivity index (χ1n) is 8.81. The van der Waals surface area contributed by atoms with Gasteiger partial charge in [-0.05, 0) is 37.1 Å². The highest BCUT2D eigenvalue weighted by atomic mass is 32.2. The summed E-state index contributed by atoms with van der Waals surface area (Å²) in [7, 11) is 0. The molecule has 0 aromatic carbocycles. The highest BCUT2D eigenvalue weighted by Gasteiger charge is 2.35. The fourth-order valence-electron chi connectivity index (χ4n) is 2.88. The van der Waals surface area contributed by atoms with E-state index < -0.39 is 24.0 Å². The summed E-state index contributed by atoms with van der Waals surface area (Å²) in [6.07, 6.45) is -0.562. The van der Waals surface area contributed by atoms with Crippen molar-refractivity contribution in [2.24, 2.45) is 0 Å². The van der Waals surface area contributed by atoms with E-state index in [0.717, 1.165) is 25.0 Å². The Kier molecular flexibility index (Phi) is 7.99. The van der Waals surface area contributed by atoms with Crippen LogP contribution in [0.3, 0.4) is 0 Å². The van der Waals surface area contributed by atoms with Gasteiger partial charge in [-0.15, -0.1) is 0 Å². The van der Waals surface area contributed by atoms with E-state index in [2.05, 4.69) is 4.42 Å². The number of carboxylic acid groups (broad SMARTS) is 1. The molecule has 2 unspecified atom stereocenters. The number of thioether (sulfide) groups is 1. The molecule has 156 valence electrons. The zero-order chi connectivity index (χ0) is 20.7. The number of carboxylic acids is 1. The topological polar surface area (TPSA) is 91.0 Å². The molecule has 1 aromatic heterocycles. The van der Waals surface area contributed by atoms with Crippen LogP contribution in [0.15, 0.2) is 28.7 Å². The summed E-state index contributed by atoms with van der Waals surface area (Å²) in [5, 5.41) is 18.6.